The summed E-state index contributed by atoms with van der Waals surface area (Å²) in [5, 5.41) is 0.705. The van der Waals surface area contributed by atoms with Gasteiger partial charge in [0, 0.05) is 10.6 Å². The Hall–Kier alpha value is -3.18. The van der Waals surface area contributed by atoms with Crippen molar-refractivity contribution in [3.63, 3.8) is 0 Å². The highest BCUT2D eigenvalue weighted by Crippen LogP contribution is 2.42. The number of benzene rings is 2. The summed E-state index contributed by atoms with van der Waals surface area (Å²) in [4.78, 5) is 20.8. The highest BCUT2D eigenvalue weighted by molar-refractivity contribution is 6.30. The monoisotopic (exact) mass is 434 g/mol. The highest BCUT2D eigenvalue weighted by atomic mass is 35.5. The lowest BCUT2D eigenvalue weighted by molar-refractivity contribution is 0.0519. The van der Waals surface area contributed by atoms with Gasteiger partial charge >= 0.3 is 5.97 Å². The van der Waals surface area contributed by atoms with Gasteiger partial charge in [0.05, 0.1) is 24.7 Å². The van der Waals surface area contributed by atoms with Crippen molar-refractivity contribution < 1.29 is 14.3 Å². The fourth-order valence-corrected chi connectivity index (χ4v) is 3.85. The zero-order chi connectivity index (χ0) is 21.6. The molecule has 31 heavy (non-hydrogen) atoms. The molecule has 0 radical (unpaired) electrons. The van der Waals surface area contributed by atoms with E-state index >= 15 is 0 Å². The second-order valence-corrected chi connectivity index (χ2v) is 7.67. The fourth-order valence-electron chi connectivity index (χ4n) is 3.72. The molecule has 5 nitrogen and oxygen atoms in total. The molecule has 1 aliphatic carbocycles. The van der Waals surface area contributed by atoms with Crippen LogP contribution in [0.15, 0.2) is 60.9 Å². The van der Waals surface area contributed by atoms with Crippen molar-refractivity contribution in [1.82, 2.24) is 9.97 Å². The normalized spacial score (nSPS) is 13.4. The molecule has 2 aromatic carbocycles. The molecule has 1 aliphatic rings. The summed E-state index contributed by atoms with van der Waals surface area (Å²) in [6, 6.07) is 15.7. The Labute approximate surface area is 186 Å². The number of esters is 1. The maximum Gasteiger partial charge on any atom is 0.358 e. The number of carbonyl (C=O) groups is 1. The molecule has 0 unspecified atom stereocenters. The third-order valence-corrected chi connectivity index (χ3v) is 5.42. The lowest BCUT2D eigenvalue weighted by Crippen LogP contribution is -2.09. The molecule has 1 aromatic heterocycles. The van der Waals surface area contributed by atoms with E-state index < -0.39 is 5.97 Å². The van der Waals surface area contributed by atoms with E-state index in [0.29, 0.717) is 23.9 Å². The van der Waals surface area contributed by atoms with Gasteiger partial charge in [-0.3, -0.25) is 4.98 Å². The van der Waals surface area contributed by atoms with Gasteiger partial charge in [0.15, 0.2) is 5.69 Å². The minimum atomic E-state index is -0.455. The molecule has 6 heteroatoms. The molecule has 1 heterocycles. The van der Waals surface area contributed by atoms with Crippen molar-refractivity contribution in [1.29, 1.82) is 0 Å². The average Bonchev–Trinajstić information content (AvgIpc) is 3.29. The Balaban J connectivity index is 1.64. The summed E-state index contributed by atoms with van der Waals surface area (Å²) >= 11 is 5.98. The number of halogens is 1. The first-order chi connectivity index (χ1) is 15.2. The molecular formula is C25H23ClN2O3. The Morgan fingerprint density at radius 2 is 1.81 bits per heavy atom. The van der Waals surface area contributed by atoms with E-state index in [-0.39, 0.29) is 5.69 Å². The first kappa shape index (κ1) is 21.1. The van der Waals surface area contributed by atoms with Crippen LogP contribution in [0.3, 0.4) is 0 Å². The van der Waals surface area contributed by atoms with Crippen LogP contribution >= 0.6 is 11.6 Å². The molecule has 0 atom stereocenters. The summed E-state index contributed by atoms with van der Waals surface area (Å²) in [6.07, 6.45) is 5.96. The molecule has 0 spiro atoms. The van der Waals surface area contributed by atoms with Crippen molar-refractivity contribution >= 4 is 28.7 Å². The first-order valence-electron chi connectivity index (χ1n) is 10.3. The molecule has 4 rings (SSSR count). The fraction of sp³-hybridized carbons (Fsp3) is 0.240. The van der Waals surface area contributed by atoms with E-state index in [1.54, 1.807) is 13.1 Å². The molecule has 0 saturated carbocycles. The van der Waals surface area contributed by atoms with Crippen molar-refractivity contribution in [3.8, 4) is 5.75 Å². The first-order valence-corrected chi connectivity index (χ1v) is 10.7. The molecule has 0 N–H and O–H groups in total. The largest absolute Gasteiger partial charge is 0.488 e. The minimum Gasteiger partial charge on any atom is -0.488 e. The van der Waals surface area contributed by atoms with Crippen LogP contribution in [0.4, 0.5) is 0 Å². The van der Waals surface area contributed by atoms with Crippen LogP contribution in [-0.4, -0.2) is 22.5 Å². The third kappa shape index (κ3) is 4.94. The number of hydrogen-bond acceptors (Lipinski definition) is 5. The van der Waals surface area contributed by atoms with Crippen LogP contribution in [0.25, 0.3) is 11.1 Å². The van der Waals surface area contributed by atoms with Gasteiger partial charge in [-0.05, 0) is 61.1 Å². The maximum absolute atomic E-state index is 12.1. The lowest BCUT2D eigenvalue weighted by atomic mass is 9.99. The molecule has 158 valence electrons. The number of nitrogens with zero attached hydrogens (tertiary/aromatic N) is 2. The minimum absolute atomic E-state index is 0.227. The summed E-state index contributed by atoms with van der Waals surface area (Å²) in [6.45, 7) is 2.53. The van der Waals surface area contributed by atoms with Gasteiger partial charge in [-0.25, -0.2) is 9.78 Å². The van der Waals surface area contributed by atoms with Crippen LogP contribution in [0.1, 0.15) is 53.5 Å². The molecule has 0 bridgehead atoms. The molecule has 0 saturated heterocycles. The Kier molecular flexibility index (Phi) is 6.63. The van der Waals surface area contributed by atoms with Crippen LogP contribution in [-0.2, 0) is 11.3 Å². The van der Waals surface area contributed by atoms with E-state index in [4.69, 9.17) is 21.1 Å². The molecule has 0 aliphatic heterocycles. The number of ether oxygens (including phenoxy) is 2. The van der Waals surface area contributed by atoms with Gasteiger partial charge in [0.2, 0.25) is 0 Å². The van der Waals surface area contributed by atoms with E-state index in [1.165, 1.54) is 11.8 Å². The number of hydrogen-bond donors (Lipinski definition) is 0. The highest BCUT2D eigenvalue weighted by Gasteiger charge is 2.22. The standard InChI is InChI=1S/C25H23ClN2O3/c1-2-30-25(29)23-15-27-14-22(28-23)20-8-5-7-19(20)21-6-3-4-9-24(21)31-16-17-10-12-18(26)13-11-17/h3-4,6,9-15H,2,5,7-8,16H2,1H3. The Morgan fingerprint density at radius 3 is 2.61 bits per heavy atom. The van der Waals surface area contributed by atoms with E-state index in [0.717, 1.165) is 41.7 Å². The predicted octanol–water partition coefficient (Wildman–Crippen LogP) is 5.98. The quantitative estimate of drug-likeness (QED) is 0.428. The SMILES string of the molecule is CCOC(=O)c1cncc(C2=C(c3ccccc3OCc3ccc(Cl)cc3)CCC2)n1. The second kappa shape index (κ2) is 9.75. The number of aromatic nitrogens is 2. The van der Waals surface area contributed by atoms with Gasteiger partial charge in [0.25, 0.3) is 0 Å². The van der Waals surface area contributed by atoms with Crippen LogP contribution < -0.4 is 4.74 Å². The van der Waals surface area contributed by atoms with E-state index in [2.05, 4.69) is 16.0 Å². The second-order valence-electron chi connectivity index (χ2n) is 7.23. The van der Waals surface area contributed by atoms with Crippen molar-refractivity contribution in [2.24, 2.45) is 0 Å². The summed E-state index contributed by atoms with van der Waals surface area (Å²) in [5.41, 5.74) is 5.32. The molecule has 0 amide bonds. The lowest BCUT2D eigenvalue weighted by Gasteiger charge is -2.14. The molecule has 0 fully saturated rings. The number of allylic oxidation sites excluding steroid dienone is 2. The number of rotatable bonds is 7. The van der Waals surface area contributed by atoms with E-state index in [9.17, 15) is 4.79 Å². The zero-order valence-corrected chi connectivity index (χ0v) is 18.1. The maximum atomic E-state index is 12.1. The zero-order valence-electron chi connectivity index (χ0n) is 17.3. The number of carbonyl (C=O) groups excluding carboxylic acids is 1. The summed E-state index contributed by atoms with van der Waals surface area (Å²) < 4.78 is 11.2. The smallest absolute Gasteiger partial charge is 0.358 e. The topological polar surface area (TPSA) is 61.3 Å². The Bertz CT molecular complexity index is 1110. The molecule has 3 aromatic rings. The predicted molar refractivity (Wildman–Crippen MR) is 121 cm³/mol. The summed E-state index contributed by atoms with van der Waals surface area (Å²) in [5.74, 6) is 0.366. The summed E-state index contributed by atoms with van der Waals surface area (Å²) in [7, 11) is 0. The molecular weight excluding hydrogens is 412 g/mol. The van der Waals surface area contributed by atoms with Gasteiger partial charge in [-0.15, -0.1) is 0 Å². The van der Waals surface area contributed by atoms with Crippen molar-refractivity contribution in [3.05, 3.63) is 88.5 Å². The van der Waals surface area contributed by atoms with Gasteiger partial charge < -0.3 is 9.47 Å². The van der Waals surface area contributed by atoms with Gasteiger partial charge in [-0.1, -0.05) is 41.9 Å². The van der Waals surface area contributed by atoms with Crippen molar-refractivity contribution in [2.75, 3.05) is 6.61 Å². The van der Waals surface area contributed by atoms with Gasteiger partial charge in [0.1, 0.15) is 12.4 Å². The average molecular weight is 435 g/mol. The van der Waals surface area contributed by atoms with Gasteiger partial charge in [-0.2, -0.15) is 0 Å². The van der Waals surface area contributed by atoms with Crippen LogP contribution in [0.2, 0.25) is 5.02 Å². The van der Waals surface area contributed by atoms with E-state index in [1.807, 2.05) is 42.5 Å². The van der Waals surface area contributed by atoms with Crippen LogP contribution in [0.5, 0.6) is 5.75 Å². The van der Waals surface area contributed by atoms with Crippen LogP contribution in [0, 0.1) is 0 Å². The Morgan fingerprint density at radius 1 is 1.03 bits per heavy atom. The van der Waals surface area contributed by atoms with Crippen molar-refractivity contribution in [2.45, 2.75) is 32.8 Å². The third-order valence-electron chi connectivity index (χ3n) is 5.17. The number of para-hydroxylation sites is 1.